The topological polar surface area (TPSA) is 54.2 Å². The standard InChI is InChI=1S/C12H24N4O/c1-9(2)16-11(13-8-14-16)7-10(17)12(3,4)15(5)6/h8-10,17H,7H2,1-6H3. The molecule has 0 amide bonds. The van der Waals surface area contributed by atoms with Gasteiger partial charge in [-0.2, -0.15) is 5.10 Å². The molecule has 5 nitrogen and oxygen atoms in total. The van der Waals surface area contributed by atoms with Crippen LogP contribution in [0.2, 0.25) is 0 Å². The maximum Gasteiger partial charge on any atom is 0.138 e. The molecular formula is C12H24N4O. The maximum absolute atomic E-state index is 10.3. The quantitative estimate of drug-likeness (QED) is 0.837. The van der Waals surface area contributed by atoms with Gasteiger partial charge >= 0.3 is 0 Å². The third-order valence-corrected chi connectivity index (χ3v) is 3.48. The van der Waals surface area contributed by atoms with Gasteiger partial charge in [0.15, 0.2) is 0 Å². The van der Waals surface area contributed by atoms with Gasteiger partial charge in [0.05, 0.1) is 6.10 Å². The van der Waals surface area contributed by atoms with Crippen LogP contribution in [0.25, 0.3) is 0 Å². The molecule has 0 fully saturated rings. The van der Waals surface area contributed by atoms with Crippen molar-refractivity contribution in [3.05, 3.63) is 12.2 Å². The lowest BCUT2D eigenvalue weighted by atomic mass is 9.93. The summed E-state index contributed by atoms with van der Waals surface area (Å²) in [4.78, 5) is 6.25. The fraction of sp³-hybridized carbons (Fsp3) is 0.833. The largest absolute Gasteiger partial charge is 0.391 e. The van der Waals surface area contributed by atoms with E-state index in [0.717, 1.165) is 5.82 Å². The predicted molar refractivity (Wildman–Crippen MR) is 67.9 cm³/mol. The first kappa shape index (κ1) is 14.1. The second kappa shape index (κ2) is 5.14. The van der Waals surface area contributed by atoms with E-state index < -0.39 is 6.10 Å². The highest BCUT2D eigenvalue weighted by Crippen LogP contribution is 2.19. The van der Waals surface area contributed by atoms with Crippen molar-refractivity contribution in [3.8, 4) is 0 Å². The van der Waals surface area contributed by atoms with Crippen LogP contribution in [-0.4, -0.2) is 50.5 Å². The number of aliphatic hydroxyl groups is 1. The monoisotopic (exact) mass is 240 g/mol. The van der Waals surface area contributed by atoms with Gasteiger partial charge in [-0.05, 0) is 41.8 Å². The summed E-state index contributed by atoms with van der Waals surface area (Å²) in [5.74, 6) is 0.836. The number of aliphatic hydroxyl groups excluding tert-OH is 1. The van der Waals surface area contributed by atoms with Crippen LogP contribution in [0.15, 0.2) is 6.33 Å². The summed E-state index contributed by atoms with van der Waals surface area (Å²) in [6.07, 6.45) is 1.59. The summed E-state index contributed by atoms with van der Waals surface area (Å²) >= 11 is 0. The summed E-state index contributed by atoms with van der Waals surface area (Å²) in [5, 5.41) is 14.5. The van der Waals surface area contributed by atoms with Crippen LogP contribution < -0.4 is 0 Å². The van der Waals surface area contributed by atoms with E-state index in [4.69, 9.17) is 0 Å². The second-order valence-electron chi connectivity index (χ2n) is 5.48. The van der Waals surface area contributed by atoms with E-state index >= 15 is 0 Å². The van der Waals surface area contributed by atoms with Crippen molar-refractivity contribution in [1.82, 2.24) is 19.7 Å². The third-order valence-electron chi connectivity index (χ3n) is 3.48. The molecule has 17 heavy (non-hydrogen) atoms. The van der Waals surface area contributed by atoms with Gasteiger partial charge in [0, 0.05) is 18.0 Å². The van der Waals surface area contributed by atoms with Gasteiger partial charge in [-0.15, -0.1) is 0 Å². The summed E-state index contributed by atoms with van der Waals surface area (Å²) in [5.41, 5.74) is -0.284. The predicted octanol–water partition coefficient (Wildman–Crippen LogP) is 1.10. The SMILES string of the molecule is CC(C)n1ncnc1CC(O)C(C)(C)N(C)C. The molecule has 0 saturated heterocycles. The lowest BCUT2D eigenvalue weighted by Crippen LogP contribution is -2.49. The Kier molecular flexibility index (Phi) is 4.27. The molecule has 1 heterocycles. The average molecular weight is 240 g/mol. The third kappa shape index (κ3) is 3.04. The summed E-state index contributed by atoms with van der Waals surface area (Å²) in [7, 11) is 3.94. The smallest absolute Gasteiger partial charge is 0.138 e. The maximum atomic E-state index is 10.3. The molecule has 0 saturated carbocycles. The van der Waals surface area contributed by atoms with Gasteiger partial charge in [0.25, 0.3) is 0 Å². The van der Waals surface area contributed by atoms with E-state index in [2.05, 4.69) is 23.9 Å². The van der Waals surface area contributed by atoms with E-state index in [-0.39, 0.29) is 11.6 Å². The number of hydrogen-bond donors (Lipinski definition) is 1. The van der Waals surface area contributed by atoms with Crippen molar-refractivity contribution in [2.45, 2.75) is 51.8 Å². The van der Waals surface area contributed by atoms with Crippen molar-refractivity contribution >= 4 is 0 Å². The highest BCUT2D eigenvalue weighted by molar-refractivity contribution is 4.96. The van der Waals surface area contributed by atoms with Crippen LogP contribution in [0.1, 0.15) is 39.6 Å². The summed E-state index contributed by atoms with van der Waals surface area (Å²) < 4.78 is 1.86. The van der Waals surface area contributed by atoms with Crippen LogP contribution in [0, 0.1) is 0 Å². The fourth-order valence-electron chi connectivity index (χ4n) is 1.57. The molecule has 0 radical (unpaired) electrons. The molecule has 0 aromatic carbocycles. The Morgan fingerprint density at radius 1 is 1.41 bits per heavy atom. The minimum atomic E-state index is -0.473. The van der Waals surface area contributed by atoms with Crippen LogP contribution >= 0.6 is 0 Å². The summed E-state index contributed by atoms with van der Waals surface area (Å²) in [6.45, 7) is 8.16. The highest BCUT2D eigenvalue weighted by atomic mass is 16.3. The molecular weight excluding hydrogens is 216 g/mol. The minimum Gasteiger partial charge on any atom is -0.391 e. The number of rotatable bonds is 5. The van der Waals surface area contributed by atoms with Crippen molar-refractivity contribution in [2.24, 2.45) is 0 Å². The Morgan fingerprint density at radius 2 is 2.00 bits per heavy atom. The first-order valence-electron chi connectivity index (χ1n) is 6.00. The molecule has 1 atom stereocenters. The average Bonchev–Trinajstić information content (AvgIpc) is 2.65. The lowest BCUT2D eigenvalue weighted by molar-refractivity contribution is 0.0162. The Morgan fingerprint density at radius 3 is 2.47 bits per heavy atom. The van der Waals surface area contributed by atoms with E-state index in [1.54, 1.807) is 6.33 Å². The zero-order valence-corrected chi connectivity index (χ0v) is 11.7. The van der Waals surface area contributed by atoms with E-state index in [1.807, 2.05) is 37.5 Å². The van der Waals surface area contributed by atoms with E-state index in [0.29, 0.717) is 6.42 Å². The van der Waals surface area contributed by atoms with Gasteiger partial charge in [-0.25, -0.2) is 9.67 Å². The second-order valence-corrected chi connectivity index (χ2v) is 5.48. The molecule has 1 rings (SSSR count). The molecule has 0 aliphatic carbocycles. The molecule has 98 valence electrons. The lowest BCUT2D eigenvalue weighted by Gasteiger charge is -2.37. The van der Waals surface area contributed by atoms with Crippen LogP contribution in [0.4, 0.5) is 0 Å². The molecule has 5 heteroatoms. The zero-order chi connectivity index (χ0) is 13.2. The van der Waals surface area contributed by atoms with Gasteiger partial charge in [-0.3, -0.25) is 0 Å². The number of likely N-dealkylation sites (N-methyl/N-ethyl adjacent to an activating group) is 1. The first-order chi connectivity index (χ1) is 7.76. The fourth-order valence-corrected chi connectivity index (χ4v) is 1.57. The number of nitrogens with zero attached hydrogens (tertiary/aromatic N) is 4. The number of aromatic nitrogens is 3. The molecule has 0 spiro atoms. The van der Waals surface area contributed by atoms with Gasteiger partial charge in [0.1, 0.15) is 12.2 Å². The zero-order valence-electron chi connectivity index (χ0n) is 11.7. The van der Waals surface area contributed by atoms with Crippen molar-refractivity contribution in [1.29, 1.82) is 0 Å². The van der Waals surface area contributed by atoms with Crippen LogP contribution in [0.5, 0.6) is 0 Å². The van der Waals surface area contributed by atoms with Crippen molar-refractivity contribution in [2.75, 3.05) is 14.1 Å². The number of hydrogen-bond acceptors (Lipinski definition) is 4. The van der Waals surface area contributed by atoms with Gasteiger partial charge in [0.2, 0.25) is 0 Å². The van der Waals surface area contributed by atoms with Crippen LogP contribution in [-0.2, 0) is 6.42 Å². The van der Waals surface area contributed by atoms with Gasteiger partial charge in [-0.1, -0.05) is 0 Å². The minimum absolute atomic E-state index is 0.266. The first-order valence-corrected chi connectivity index (χ1v) is 6.00. The Labute approximate surface area is 103 Å². The normalized spacial score (nSPS) is 14.6. The molecule has 1 unspecified atom stereocenters. The molecule has 1 N–H and O–H groups in total. The highest BCUT2D eigenvalue weighted by Gasteiger charge is 2.31. The molecule has 0 aliphatic rings. The Balaban J connectivity index is 2.81. The van der Waals surface area contributed by atoms with E-state index in [9.17, 15) is 5.11 Å². The van der Waals surface area contributed by atoms with Crippen molar-refractivity contribution in [3.63, 3.8) is 0 Å². The van der Waals surface area contributed by atoms with Gasteiger partial charge < -0.3 is 10.0 Å². The Hall–Kier alpha value is -0.940. The molecule has 1 aromatic rings. The van der Waals surface area contributed by atoms with Crippen molar-refractivity contribution < 1.29 is 5.11 Å². The molecule has 0 aliphatic heterocycles. The summed E-state index contributed by atoms with van der Waals surface area (Å²) in [6, 6.07) is 0.266. The van der Waals surface area contributed by atoms with E-state index in [1.165, 1.54) is 0 Å². The van der Waals surface area contributed by atoms with Crippen LogP contribution in [0.3, 0.4) is 0 Å². The molecule has 0 bridgehead atoms. The Bertz CT molecular complexity index is 357. The molecule has 1 aromatic heterocycles.